The number of halogens is 1. The quantitative estimate of drug-likeness (QED) is 0.783. The number of piperidine rings is 1. The summed E-state index contributed by atoms with van der Waals surface area (Å²) in [5, 5.41) is 9.63. The predicted molar refractivity (Wildman–Crippen MR) is 101 cm³/mol. The third kappa shape index (κ3) is 4.02. The van der Waals surface area contributed by atoms with Crippen LogP contribution < -0.4 is 5.73 Å². The van der Waals surface area contributed by atoms with Crippen molar-refractivity contribution in [2.75, 3.05) is 18.8 Å². The summed E-state index contributed by atoms with van der Waals surface area (Å²) in [6.07, 6.45) is 1.26. The Morgan fingerprint density at radius 2 is 1.96 bits per heavy atom. The Hall–Kier alpha value is -2.06. The van der Waals surface area contributed by atoms with Crippen LogP contribution in [-0.4, -0.2) is 50.3 Å². The number of carbonyl (C=O) groups is 2. The van der Waals surface area contributed by atoms with Gasteiger partial charge in [-0.05, 0) is 25.0 Å². The van der Waals surface area contributed by atoms with Crippen molar-refractivity contribution < 1.29 is 9.59 Å². The number of nitrogens with two attached hydrogens (primary N) is 1. The normalized spacial score (nSPS) is 15.2. The van der Waals surface area contributed by atoms with Crippen molar-refractivity contribution in [3.63, 3.8) is 0 Å². The number of amides is 2. The number of primary amides is 1. The number of hydrogen-bond acceptors (Lipinski definition) is 5. The third-order valence-electron chi connectivity index (χ3n) is 4.52. The topological polar surface area (TPSA) is 94.1 Å². The van der Waals surface area contributed by atoms with Crippen molar-refractivity contribution >= 4 is 35.2 Å². The van der Waals surface area contributed by atoms with Crippen LogP contribution >= 0.6 is 23.4 Å². The van der Waals surface area contributed by atoms with E-state index in [1.54, 1.807) is 11.0 Å². The maximum absolute atomic E-state index is 12.4. The van der Waals surface area contributed by atoms with Gasteiger partial charge in [0.1, 0.15) is 0 Å². The van der Waals surface area contributed by atoms with Crippen LogP contribution in [0.1, 0.15) is 12.8 Å². The first-order chi connectivity index (χ1) is 12.5. The zero-order chi connectivity index (χ0) is 18.7. The van der Waals surface area contributed by atoms with E-state index in [0.717, 1.165) is 5.56 Å². The Labute approximate surface area is 160 Å². The molecule has 0 radical (unpaired) electrons. The van der Waals surface area contributed by atoms with Gasteiger partial charge in [0, 0.05) is 31.6 Å². The van der Waals surface area contributed by atoms with Crippen molar-refractivity contribution in [1.29, 1.82) is 0 Å². The molecule has 9 heteroatoms. The lowest BCUT2D eigenvalue weighted by Crippen LogP contribution is -2.42. The highest BCUT2D eigenvalue weighted by atomic mass is 35.5. The number of thioether (sulfide) groups is 1. The number of rotatable bonds is 5. The maximum atomic E-state index is 12.4. The van der Waals surface area contributed by atoms with Gasteiger partial charge in [0.2, 0.25) is 11.8 Å². The predicted octanol–water partition coefficient (Wildman–Crippen LogP) is 1.95. The highest BCUT2D eigenvalue weighted by molar-refractivity contribution is 7.99. The minimum absolute atomic E-state index is 0.0280. The SMILES string of the molecule is Cn1c(SCC(=O)N2CCC(C(N)=O)CC2)nnc1-c1ccccc1Cl. The van der Waals surface area contributed by atoms with Crippen LogP contribution in [0, 0.1) is 5.92 Å². The molecule has 138 valence electrons. The molecule has 0 aliphatic carbocycles. The lowest BCUT2D eigenvalue weighted by atomic mass is 9.96. The van der Waals surface area contributed by atoms with Gasteiger partial charge < -0.3 is 15.2 Å². The molecule has 0 unspecified atom stereocenters. The molecule has 1 aromatic heterocycles. The van der Waals surface area contributed by atoms with Crippen molar-refractivity contribution in [3.05, 3.63) is 29.3 Å². The van der Waals surface area contributed by atoms with E-state index in [4.69, 9.17) is 17.3 Å². The number of benzene rings is 1. The zero-order valence-corrected chi connectivity index (χ0v) is 16.0. The van der Waals surface area contributed by atoms with Gasteiger partial charge in [-0.1, -0.05) is 35.5 Å². The molecule has 0 bridgehead atoms. The van der Waals surface area contributed by atoms with E-state index in [2.05, 4.69) is 10.2 Å². The van der Waals surface area contributed by atoms with E-state index >= 15 is 0 Å². The standard InChI is InChI=1S/C17H20ClN5O2S/c1-22-16(12-4-2-3-5-13(12)18)20-21-17(22)26-10-14(24)23-8-6-11(7-9-23)15(19)25/h2-5,11H,6-10H2,1H3,(H2,19,25). The second kappa shape index (κ2) is 8.09. The Bertz CT molecular complexity index is 817. The lowest BCUT2D eigenvalue weighted by Gasteiger charge is -2.30. The first-order valence-corrected chi connectivity index (χ1v) is 9.68. The van der Waals surface area contributed by atoms with Gasteiger partial charge in [0.15, 0.2) is 11.0 Å². The molecule has 2 heterocycles. The lowest BCUT2D eigenvalue weighted by molar-refractivity contribution is -0.132. The zero-order valence-electron chi connectivity index (χ0n) is 14.4. The fraction of sp³-hybridized carbons (Fsp3) is 0.412. The number of likely N-dealkylation sites (tertiary alicyclic amines) is 1. The van der Waals surface area contributed by atoms with Crippen LogP contribution in [0.4, 0.5) is 0 Å². The highest BCUT2D eigenvalue weighted by Gasteiger charge is 2.26. The van der Waals surface area contributed by atoms with E-state index in [1.807, 2.05) is 29.8 Å². The fourth-order valence-electron chi connectivity index (χ4n) is 2.95. The average Bonchev–Trinajstić information content (AvgIpc) is 3.00. The molecule has 0 saturated carbocycles. The van der Waals surface area contributed by atoms with Crippen molar-refractivity contribution in [2.24, 2.45) is 18.7 Å². The second-order valence-electron chi connectivity index (χ2n) is 6.19. The molecule has 1 aromatic carbocycles. The second-order valence-corrected chi connectivity index (χ2v) is 7.54. The van der Waals surface area contributed by atoms with E-state index in [1.165, 1.54) is 11.8 Å². The third-order valence-corrected chi connectivity index (χ3v) is 5.86. The summed E-state index contributed by atoms with van der Waals surface area (Å²) in [5.74, 6) is 0.560. The van der Waals surface area contributed by atoms with Gasteiger partial charge in [-0.3, -0.25) is 9.59 Å². The summed E-state index contributed by atoms with van der Waals surface area (Å²) in [6.45, 7) is 1.13. The van der Waals surface area contributed by atoms with Crippen LogP contribution in [0.15, 0.2) is 29.4 Å². The minimum atomic E-state index is -0.280. The van der Waals surface area contributed by atoms with Gasteiger partial charge in [0.05, 0.1) is 10.8 Å². The summed E-state index contributed by atoms with van der Waals surface area (Å²) >= 11 is 7.56. The van der Waals surface area contributed by atoms with Gasteiger partial charge in [-0.25, -0.2) is 0 Å². The molecule has 2 aromatic rings. The molecule has 1 fully saturated rings. The van der Waals surface area contributed by atoms with E-state index < -0.39 is 0 Å². The van der Waals surface area contributed by atoms with Crippen LogP contribution in [-0.2, 0) is 16.6 Å². The fourth-order valence-corrected chi connectivity index (χ4v) is 3.98. The summed E-state index contributed by atoms with van der Waals surface area (Å²) < 4.78 is 1.83. The van der Waals surface area contributed by atoms with Crippen molar-refractivity contribution in [2.45, 2.75) is 18.0 Å². The minimum Gasteiger partial charge on any atom is -0.369 e. The molecule has 7 nitrogen and oxygen atoms in total. The highest BCUT2D eigenvalue weighted by Crippen LogP contribution is 2.28. The molecule has 2 amide bonds. The number of hydrogen-bond donors (Lipinski definition) is 1. The number of nitrogens with zero attached hydrogens (tertiary/aromatic N) is 4. The van der Waals surface area contributed by atoms with E-state index in [9.17, 15) is 9.59 Å². The summed E-state index contributed by atoms with van der Waals surface area (Å²) in [4.78, 5) is 25.4. The number of carbonyl (C=O) groups excluding carboxylic acids is 2. The van der Waals surface area contributed by atoms with Gasteiger partial charge in [0.25, 0.3) is 0 Å². The van der Waals surface area contributed by atoms with Crippen LogP contribution in [0.25, 0.3) is 11.4 Å². The average molecular weight is 394 g/mol. The Morgan fingerprint density at radius 3 is 2.62 bits per heavy atom. The molecule has 0 atom stereocenters. The van der Waals surface area contributed by atoms with E-state index in [-0.39, 0.29) is 23.5 Å². The van der Waals surface area contributed by atoms with Crippen molar-refractivity contribution in [1.82, 2.24) is 19.7 Å². The molecule has 2 N–H and O–H groups in total. The smallest absolute Gasteiger partial charge is 0.233 e. The van der Waals surface area contributed by atoms with Gasteiger partial charge in [-0.15, -0.1) is 10.2 Å². The molecule has 26 heavy (non-hydrogen) atoms. The molecule has 1 saturated heterocycles. The molecule has 3 rings (SSSR count). The van der Waals surface area contributed by atoms with E-state index in [0.29, 0.717) is 41.9 Å². The number of aromatic nitrogens is 3. The molecule has 1 aliphatic heterocycles. The molecular weight excluding hydrogens is 374 g/mol. The summed E-state index contributed by atoms with van der Waals surface area (Å²) in [6, 6.07) is 7.44. The molecule has 0 spiro atoms. The molecular formula is C17H20ClN5O2S. The van der Waals surface area contributed by atoms with Crippen LogP contribution in [0.3, 0.4) is 0 Å². The Morgan fingerprint density at radius 1 is 1.27 bits per heavy atom. The maximum Gasteiger partial charge on any atom is 0.233 e. The van der Waals surface area contributed by atoms with Crippen LogP contribution in [0.2, 0.25) is 5.02 Å². The summed E-state index contributed by atoms with van der Waals surface area (Å²) in [7, 11) is 1.85. The Kier molecular flexibility index (Phi) is 5.83. The van der Waals surface area contributed by atoms with Gasteiger partial charge in [-0.2, -0.15) is 0 Å². The van der Waals surface area contributed by atoms with Gasteiger partial charge >= 0.3 is 0 Å². The summed E-state index contributed by atoms with van der Waals surface area (Å²) in [5.41, 5.74) is 6.13. The largest absolute Gasteiger partial charge is 0.369 e. The van der Waals surface area contributed by atoms with Crippen molar-refractivity contribution in [3.8, 4) is 11.4 Å². The Balaban J connectivity index is 1.60. The monoisotopic (exact) mass is 393 g/mol. The van der Waals surface area contributed by atoms with Crippen LogP contribution in [0.5, 0.6) is 0 Å². The first-order valence-electron chi connectivity index (χ1n) is 8.31. The molecule has 1 aliphatic rings. The first kappa shape index (κ1) is 18.7.